The molecule has 0 aromatic heterocycles. The standard InChI is InChI=1S/C17H19ClFNO/c1-11-7-13(8-12(2)17(11)19)9-20-10-14-15(18)5-4-6-16(14)21-3/h4-8,20H,9-10H2,1-3H3. The minimum absolute atomic E-state index is 0.133. The van der Waals surface area contributed by atoms with Crippen molar-refractivity contribution in [2.24, 2.45) is 0 Å². The summed E-state index contributed by atoms with van der Waals surface area (Å²) in [6.45, 7) is 4.81. The molecule has 0 radical (unpaired) electrons. The van der Waals surface area contributed by atoms with Gasteiger partial charge in [-0.25, -0.2) is 4.39 Å². The minimum Gasteiger partial charge on any atom is -0.496 e. The summed E-state index contributed by atoms with van der Waals surface area (Å²) in [6.07, 6.45) is 0. The first-order valence-corrected chi connectivity index (χ1v) is 7.18. The van der Waals surface area contributed by atoms with Crippen molar-refractivity contribution in [2.45, 2.75) is 26.9 Å². The van der Waals surface area contributed by atoms with Crippen LogP contribution in [-0.2, 0) is 13.1 Å². The number of rotatable bonds is 5. The molecule has 0 aliphatic rings. The van der Waals surface area contributed by atoms with Gasteiger partial charge in [-0.05, 0) is 42.7 Å². The number of halogens is 2. The number of benzene rings is 2. The van der Waals surface area contributed by atoms with E-state index < -0.39 is 0 Å². The highest BCUT2D eigenvalue weighted by Gasteiger charge is 2.08. The summed E-state index contributed by atoms with van der Waals surface area (Å²) in [5, 5.41) is 3.99. The van der Waals surface area contributed by atoms with Crippen LogP contribution in [0, 0.1) is 19.7 Å². The third-order valence-electron chi connectivity index (χ3n) is 3.42. The van der Waals surface area contributed by atoms with Gasteiger partial charge < -0.3 is 10.1 Å². The third-order valence-corrected chi connectivity index (χ3v) is 3.78. The summed E-state index contributed by atoms with van der Waals surface area (Å²) in [6, 6.07) is 9.30. The van der Waals surface area contributed by atoms with E-state index in [2.05, 4.69) is 5.32 Å². The highest BCUT2D eigenvalue weighted by atomic mass is 35.5. The van der Waals surface area contributed by atoms with Crippen molar-refractivity contribution < 1.29 is 9.13 Å². The Morgan fingerprint density at radius 3 is 2.43 bits per heavy atom. The topological polar surface area (TPSA) is 21.3 Å². The SMILES string of the molecule is COc1cccc(Cl)c1CNCc1cc(C)c(F)c(C)c1. The average Bonchev–Trinajstić information content (AvgIpc) is 2.46. The van der Waals surface area contributed by atoms with Gasteiger partial charge in [-0.1, -0.05) is 29.8 Å². The molecule has 0 bridgehead atoms. The van der Waals surface area contributed by atoms with Gasteiger partial charge in [0.1, 0.15) is 11.6 Å². The summed E-state index contributed by atoms with van der Waals surface area (Å²) in [4.78, 5) is 0. The van der Waals surface area contributed by atoms with Gasteiger partial charge >= 0.3 is 0 Å². The second kappa shape index (κ2) is 6.92. The van der Waals surface area contributed by atoms with Crippen molar-refractivity contribution >= 4 is 11.6 Å². The fourth-order valence-electron chi connectivity index (χ4n) is 2.37. The van der Waals surface area contributed by atoms with Crippen LogP contribution in [0.4, 0.5) is 4.39 Å². The van der Waals surface area contributed by atoms with Crippen molar-refractivity contribution in [1.82, 2.24) is 5.32 Å². The highest BCUT2D eigenvalue weighted by molar-refractivity contribution is 6.31. The van der Waals surface area contributed by atoms with Crippen LogP contribution < -0.4 is 10.1 Å². The summed E-state index contributed by atoms with van der Waals surface area (Å²) in [5.74, 6) is 0.632. The fraction of sp³-hybridized carbons (Fsp3) is 0.294. The predicted molar refractivity (Wildman–Crippen MR) is 84.4 cm³/mol. The molecular formula is C17H19ClFNO. The van der Waals surface area contributed by atoms with Gasteiger partial charge in [0.15, 0.2) is 0 Å². The molecule has 0 aliphatic carbocycles. The molecule has 21 heavy (non-hydrogen) atoms. The smallest absolute Gasteiger partial charge is 0.129 e. The molecule has 0 saturated carbocycles. The Balaban J connectivity index is 2.05. The van der Waals surface area contributed by atoms with Crippen molar-refractivity contribution in [3.63, 3.8) is 0 Å². The average molecular weight is 308 g/mol. The van der Waals surface area contributed by atoms with E-state index in [4.69, 9.17) is 16.3 Å². The van der Waals surface area contributed by atoms with E-state index in [0.717, 1.165) is 16.9 Å². The van der Waals surface area contributed by atoms with Crippen molar-refractivity contribution in [3.05, 3.63) is 63.4 Å². The quantitative estimate of drug-likeness (QED) is 0.884. The van der Waals surface area contributed by atoms with Crippen LogP contribution in [0.15, 0.2) is 30.3 Å². The van der Waals surface area contributed by atoms with Gasteiger partial charge in [0.05, 0.1) is 7.11 Å². The molecule has 0 fully saturated rings. The molecule has 112 valence electrons. The second-order valence-corrected chi connectivity index (χ2v) is 5.48. The molecule has 0 atom stereocenters. The third kappa shape index (κ3) is 3.74. The van der Waals surface area contributed by atoms with Crippen LogP contribution in [0.2, 0.25) is 5.02 Å². The van der Waals surface area contributed by atoms with Gasteiger partial charge in [-0.2, -0.15) is 0 Å². The Morgan fingerprint density at radius 2 is 1.81 bits per heavy atom. The largest absolute Gasteiger partial charge is 0.496 e. The predicted octanol–water partition coefficient (Wildman–Crippen LogP) is 4.39. The zero-order chi connectivity index (χ0) is 15.4. The van der Waals surface area contributed by atoms with E-state index in [1.165, 1.54) is 0 Å². The molecular weight excluding hydrogens is 289 g/mol. The molecule has 4 heteroatoms. The number of hydrogen-bond acceptors (Lipinski definition) is 2. The Morgan fingerprint density at radius 1 is 1.14 bits per heavy atom. The van der Waals surface area contributed by atoms with Gasteiger partial charge in [-0.15, -0.1) is 0 Å². The summed E-state index contributed by atoms with van der Waals surface area (Å²) in [7, 11) is 1.63. The molecule has 2 rings (SSSR count). The lowest BCUT2D eigenvalue weighted by Crippen LogP contribution is -2.14. The molecule has 2 nitrogen and oxygen atoms in total. The van der Waals surface area contributed by atoms with Crippen molar-refractivity contribution in [3.8, 4) is 5.75 Å². The Kier molecular flexibility index (Phi) is 5.21. The van der Waals surface area contributed by atoms with Crippen molar-refractivity contribution in [1.29, 1.82) is 0 Å². The first-order valence-electron chi connectivity index (χ1n) is 6.80. The van der Waals surface area contributed by atoms with E-state index in [1.54, 1.807) is 21.0 Å². The maximum absolute atomic E-state index is 13.6. The lowest BCUT2D eigenvalue weighted by atomic mass is 10.1. The molecule has 1 N–H and O–H groups in total. The zero-order valence-electron chi connectivity index (χ0n) is 12.5. The lowest BCUT2D eigenvalue weighted by Gasteiger charge is -2.12. The van der Waals surface area contributed by atoms with Crippen LogP contribution in [0.5, 0.6) is 5.75 Å². The van der Waals surface area contributed by atoms with Crippen LogP contribution in [0.3, 0.4) is 0 Å². The van der Waals surface area contributed by atoms with Crippen LogP contribution >= 0.6 is 11.6 Å². The van der Waals surface area contributed by atoms with E-state index >= 15 is 0 Å². The zero-order valence-corrected chi connectivity index (χ0v) is 13.2. The molecule has 0 spiro atoms. The normalized spacial score (nSPS) is 10.7. The Hall–Kier alpha value is -1.58. The number of ether oxygens (including phenoxy) is 1. The van der Waals surface area contributed by atoms with Crippen molar-refractivity contribution in [2.75, 3.05) is 7.11 Å². The molecule has 0 unspecified atom stereocenters. The summed E-state index contributed by atoms with van der Waals surface area (Å²) in [5.41, 5.74) is 3.32. The summed E-state index contributed by atoms with van der Waals surface area (Å²) >= 11 is 6.19. The maximum atomic E-state index is 13.6. The number of hydrogen-bond donors (Lipinski definition) is 1. The Labute approximate surface area is 129 Å². The van der Waals surface area contributed by atoms with Crippen LogP contribution in [-0.4, -0.2) is 7.11 Å². The lowest BCUT2D eigenvalue weighted by molar-refractivity contribution is 0.407. The maximum Gasteiger partial charge on any atom is 0.129 e. The number of methoxy groups -OCH3 is 1. The number of aryl methyl sites for hydroxylation is 2. The molecule has 0 saturated heterocycles. The second-order valence-electron chi connectivity index (χ2n) is 5.07. The highest BCUT2D eigenvalue weighted by Crippen LogP contribution is 2.26. The Bertz CT molecular complexity index is 620. The molecule has 0 amide bonds. The first kappa shape index (κ1) is 15.8. The molecule has 2 aromatic carbocycles. The molecule has 2 aromatic rings. The van der Waals surface area contributed by atoms with E-state index in [-0.39, 0.29) is 5.82 Å². The van der Waals surface area contributed by atoms with E-state index in [1.807, 2.05) is 30.3 Å². The molecule has 0 aliphatic heterocycles. The van der Waals surface area contributed by atoms with Crippen LogP contribution in [0.1, 0.15) is 22.3 Å². The van der Waals surface area contributed by atoms with E-state index in [9.17, 15) is 4.39 Å². The summed E-state index contributed by atoms with van der Waals surface area (Å²) < 4.78 is 18.9. The van der Waals surface area contributed by atoms with Crippen LogP contribution in [0.25, 0.3) is 0 Å². The number of nitrogens with one attached hydrogen (secondary N) is 1. The minimum atomic E-state index is -0.133. The van der Waals surface area contributed by atoms with Gasteiger partial charge in [0, 0.05) is 23.7 Å². The van der Waals surface area contributed by atoms with Gasteiger partial charge in [-0.3, -0.25) is 0 Å². The molecule has 0 heterocycles. The fourth-order valence-corrected chi connectivity index (χ4v) is 2.60. The monoisotopic (exact) mass is 307 g/mol. The van der Waals surface area contributed by atoms with Gasteiger partial charge in [0.2, 0.25) is 0 Å². The first-order chi connectivity index (χ1) is 10.0. The van der Waals surface area contributed by atoms with Gasteiger partial charge in [0.25, 0.3) is 0 Å². The van der Waals surface area contributed by atoms with E-state index in [0.29, 0.717) is 29.2 Å².